The predicted molar refractivity (Wildman–Crippen MR) is 68.1 cm³/mol. The monoisotopic (exact) mass is 255 g/mol. The number of aromatic nitrogens is 2. The molecule has 1 rings (SSSR count). The minimum Gasteiger partial charge on any atom is -0.357 e. The van der Waals surface area contributed by atoms with Crippen molar-refractivity contribution in [3.8, 4) is 0 Å². The highest BCUT2D eigenvalue weighted by Gasteiger charge is 2.13. The maximum atomic E-state index is 13.5. The molecule has 1 aromatic heterocycles. The van der Waals surface area contributed by atoms with Crippen molar-refractivity contribution in [1.29, 1.82) is 0 Å². The van der Waals surface area contributed by atoms with Crippen molar-refractivity contribution in [2.24, 2.45) is 0 Å². The van der Waals surface area contributed by atoms with E-state index in [1.165, 1.54) is 4.90 Å². The van der Waals surface area contributed by atoms with Crippen molar-refractivity contribution in [3.63, 3.8) is 0 Å². The number of carbonyl (C=O) groups excluding carboxylic acids is 1. The lowest BCUT2D eigenvalue weighted by Gasteiger charge is -2.18. The Bertz CT molecular complexity index is 412. The molecular weight excluding hydrogens is 237 g/mol. The van der Waals surface area contributed by atoms with Crippen molar-refractivity contribution in [3.05, 3.63) is 12.0 Å². The van der Waals surface area contributed by atoms with E-state index in [2.05, 4.69) is 20.6 Å². The summed E-state index contributed by atoms with van der Waals surface area (Å²) in [7, 11) is 3.25. The number of likely N-dealkylation sites (N-methyl/N-ethyl adjacent to an activating group) is 1. The van der Waals surface area contributed by atoms with Gasteiger partial charge in [0.2, 0.25) is 11.9 Å². The average molecular weight is 255 g/mol. The molecule has 2 N–H and O–H groups in total. The summed E-state index contributed by atoms with van der Waals surface area (Å²) >= 11 is 0. The second-order valence-electron chi connectivity index (χ2n) is 3.82. The van der Waals surface area contributed by atoms with E-state index in [4.69, 9.17) is 0 Å². The highest BCUT2D eigenvalue weighted by atomic mass is 19.1. The average Bonchev–Trinajstić information content (AvgIpc) is 2.36. The summed E-state index contributed by atoms with van der Waals surface area (Å²) in [5.74, 6) is -0.309. The Morgan fingerprint density at radius 2 is 2.28 bits per heavy atom. The third kappa shape index (κ3) is 3.83. The Kier molecular flexibility index (Phi) is 5.29. The number of anilines is 2. The van der Waals surface area contributed by atoms with Gasteiger partial charge in [0.15, 0.2) is 11.6 Å². The molecule has 0 aliphatic rings. The topological polar surface area (TPSA) is 70.2 Å². The molecule has 0 saturated heterocycles. The van der Waals surface area contributed by atoms with Crippen molar-refractivity contribution in [1.82, 2.24) is 15.3 Å². The molecule has 0 fully saturated rings. The highest BCUT2D eigenvalue weighted by molar-refractivity contribution is 5.80. The number of nitrogens with one attached hydrogen (secondary N) is 2. The van der Waals surface area contributed by atoms with Gasteiger partial charge >= 0.3 is 0 Å². The quantitative estimate of drug-likeness (QED) is 0.780. The van der Waals surface area contributed by atoms with Gasteiger partial charge in [-0.25, -0.2) is 9.37 Å². The van der Waals surface area contributed by atoms with Crippen LogP contribution in [0.5, 0.6) is 0 Å². The number of amides is 1. The summed E-state index contributed by atoms with van der Waals surface area (Å²) in [6, 6.07) is 0. The maximum absolute atomic E-state index is 13.5. The van der Waals surface area contributed by atoms with Gasteiger partial charge in [0.1, 0.15) is 0 Å². The van der Waals surface area contributed by atoms with E-state index >= 15 is 0 Å². The Labute approximate surface area is 106 Å². The van der Waals surface area contributed by atoms with Crippen molar-refractivity contribution >= 4 is 17.7 Å². The third-order valence-corrected chi connectivity index (χ3v) is 2.26. The highest BCUT2D eigenvalue weighted by Crippen LogP contribution is 2.15. The minimum atomic E-state index is -0.556. The van der Waals surface area contributed by atoms with Crippen LogP contribution in [0.4, 0.5) is 16.2 Å². The predicted octanol–water partition coefficient (Wildman–Crippen LogP) is 0.620. The van der Waals surface area contributed by atoms with E-state index in [-0.39, 0.29) is 18.3 Å². The first-order valence-corrected chi connectivity index (χ1v) is 5.76. The molecule has 0 bridgehead atoms. The largest absolute Gasteiger partial charge is 0.357 e. The van der Waals surface area contributed by atoms with Gasteiger partial charge in [-0.05, 0) is 6.42 Å². The van der Waals surface area contributed by atoms with Gasteiger partial charge in [-0.2, -0.15) is 4.98 Å². The normalized spacial score (nSPS) is 10.0. The van der Waals surface area contributed by atoms with Gasteiger partial charge in [-0.1, -0.05) is 6.92 Å². The number of carbonyl (C=O) groups is 1. The Hall–Kier alpha value is -1.92. The van der Waals surface area contributed by atoms with Crippen molar-refractivity contribution in [2.45, 2.75) is 13.3 Å². The summed E-state index contributed by atoms with van der Waals surface area (Å²) in [5.41, 5.74) is 0. The Morgan fingerprint density at radius 3 is 2.89 bits per heavy atom. The summed E-state index contributed by atoms with van der Waals surface area (Å²) in [5, 5.41) is 5.44. The number of rotatable bonds is 6. The van der Waals surface area contributed by atoms with Gasteiger partial charge < -0.3 is 15.5 Å². The van der Waals surface area contributed by atoms with Gasteiger partial charge in [-0.15, -0.1) is 0 Å². The molecule has 0 aromatic carbocycles. The fourth-order valence-electron chi connectivity index (χ4n) is 1.36. The van der Waals surface area contributed by atoms with E-state index in [0.717, 1.165) is 12.6 Å². The second kappa shape index (κ2) is 6.73. The zero-order valence-corrected chi connectivity index (χ0v) is 10.8. The van der Waals surface area contributed by atoms with Gasteiger partial charge in [0, 0.05) is 20.6 Å². The van der Waals surface area contributed by atoms with Crippen molar-refractivity contribution < 1.29 is 9.18 Å². The van der Waals surface area contributed by atoms with Crippen LogP contribution < -0.4 is 15.5 Å². The van der Waals surface area contributed by atoms with Crippen LogP contribution in [0.2, 0.25) is 0 Å². The van der Waals surface area contributed by atoms with Crippen LogP contribution >= 0.6 is 0 Å². The fourth-order valence-corrected chi connectivity index (χ4v) is 1.36. The fraction of sp³-hybridized carbons (Fsp3) is 0.545. The molecule has 1 amide bonds. The van der Waals surface area contributed by atoms with Crippen LogP contribution in [0.15, 0.2) is 6.20 Å². The lowest BCUT2D eigenvalue weighted by atomic mass is 10.4. The molecule has 0 atom stereocenters. The smallest absolute Gasteiger partial charge is 0.239 e. The second-order valence-corrected chi connectivity index (χ2v) is 3.82. The number of halogens is 1. The van der Waals surface area contributed by atoms with Crippen LogP contribution in [0.25, 0.3) is 0 Å². The first-order valence-electron chi connectivity index (χ1n) is 5.76. The SMILES string of the molecule is CCCNC(=O)CN(C)c1nc(NC)ncc1F. The standard InChI is InChI=1S/C11H18FN5O/c1-4-5-14-9(18)7-17(3)10-8(12)6-15-11(13-2)16-10/h6H,4-5,7H2,1-3H3,(H,14,18)(H,13,15,16). The van der Waals surface area contributed by atoms with Crippen LogP contribution in [0.1, 0.15) is 13.3 Å². The van der Waals surface area contributed by atoms with Gasteiger partial charge in [0.25, 0.3) is 0 Å². The van der Waals surface area contributed by atoms with Crippen LogP contribution in [-0.4, -0.2) is 43.1 Å². The molecule has 1 aromatic rings. The molecule has 18 heavy (non-hydrogen) atoms. The molecular formula is C11H18FN5O. The molecule has 1 heterocycles. The van der Waals surface area contributed by atoms with Crippen LogP contribution in [0.3, 0.4) is 0 Å². The minimum absolute atomic E-state index is 0.0527. The lowest BCUT2D eigenvalue weighted by Crippen LogP contribution is -2.36. The first-order chi connectivity index (χ1) is 8.58. The summed E-state index contributed by atoms with van der Waals surface area (Å²) in [6.45, 7) is 2.63. The summed E-state index contributed by atoms with van der Waals surface area (Å²) < 4.78 is 13.5. The Morgan fingerprint density at radius 1 is 1.56 bits per heavy atom. The molecule has 0 saturated carbocycles. The summed E-state index contributed by atoms with van der Waals surface area (Å²) in [4.78, 5) is 20.7. The Balaban J connectivity index is 2.71. The molecule has 100 valence electrons. The van der Waals surface area contributed by atoms with E-state index < -0.39 is 5.82 Å². The van der Waals surface area contributed by atoms with E-state index in [0.29, 0.717) is 12.5 Å². The molecule has 7 heteroatoms. The third-order valence-electron chi connectivity index (χ3n) is 2.26. The number of hydrogen-bond donors (Lipinski definition) is 2. The van der Waals surface area contributed by atoms with Crippen LogP contribution in [0, 0.1) is 5.82 Å². The van der Waals surface area contributed by atoms with Gasteiger partial charge in [0.05, 0.1) is 12.7 Å². The molecule has 0 unspecified atom stereocenters. The van der Waals surface area contributed by atoms with E-state index in [9.17, 15) is 9.18 Å². The molecule has 0 spiro atoms. The lowest BCUT2D eigenvalue weighted by molar-refractivity contribution is -0.119. The zero-order valence-electron chi connectivity index (χ0n) is 10.8. The number of nitrogens with zero attached hydrogens (tertiary/aromatic N) is 3. The maximum Gasteiger partial charge on any atom is 0.239 e. The zero-order chi connectivity index (χ0) is 13.5. The van der Waals surface area contributed by atoms with Crippen molar-refractivity contribution in [2.75, 3.05) is 37.4 Å². The molecule has 6 nitrogen and oxygen atoms in total. The molecule has 0 aliphatic carbocycles. The summed E-state index contributed by atoms with van der Waals surface area (Å²) in [6.07, 6.45) is 1.94. The first kappa shape index (κ1) is 14.1. The van der Waals surface area contributed by atoms with E-state index in [1.54, 1.807) is 14.1 Å². The van der Waals surface area contributed by atoms with E-state index in [1.807, 2.05) is 6.92 Å². The number of hydrogen-bond acceptors (Lipinski definition) is 5. The molecule has 0 radical (unpaired) electrons. The molecule has 0 aliphatic heterocycles. The van der Waals surface area contributed by atoms with Gasteiger partial charge in [-0.3, -0.25) is 4.79 Å². The van der Waals surface area contributed by atoms with Crippen LogP contribution in [-0.2, 0) is 4.79 Å².